The minimum Gasteiger partial charge on any atom is -0.475 e. The number of carboxylic acid groups (broad SMARTS) is 1. The summed E-state index contributed by atoms with van der Waals surface area (Å²) in [4.78, 5) is 23.6. The number of para-hydroxylation sites is 1. The van der Waals surface area contributed by atoms with Crippen molar-refractivity contribution in [1.82, 2.24) is 19.5 Å². The van der Waals surface area contributed by atoms with E-state index in [0.29, 0.717) is 11.3 Å². The molecular formula is C14H12N4O2. The highest BCUT2D eigenvalue weighted by Gasteiger charge is 2.15. The minimum atomic E-state index is -1.14. The van der Waals surface area contributed by atoms with Crippen molar-refractivity contribution in [3.05, 3.63) is 48.3 Å². The monoisotopic (exact) mass is 268 g/mol. The van der Waals surface area contributed by atoms with Gasteiger partial charge in [-0.2, -0.15) is 0 Å². The van der Waals surface area contributed by atoms with Crippen LogP contribution in [0.15, 0.2) is 36.7 Å². The third kappa shape index (κ3) is 1.91. The van der Waals surface area contributed by atoms with Crippen LogP contribution in [0.4, 0.5) is 0 Å². The molecule has 0 radical (unpaired) electrons. The molecule has 3 aromatic rings. The maximum absolute atomic E-state index is 11.2. The average Bonchev–Trinajstić information content (AvgIpc) is 2.94. The summed E-state index contributed by atoms with van der Waals surface area (Å²) in [6.07, 6.45) is 4.18. The number of aromatic carboxylic acids is 1. The maximum atomic E-state index is 11.2. The minimum absolute atomic E-state index is 0.213. The van der Waals surface area contributed by atoms with E-state index < -0.39 is 5.97 Å². The molecule has 0 unspecified atom stereocenters. The van der Waals surface area contributed by atoms with Crippen LogP contribution in [-0.2, 0) is 6.42 Å². The van der Waals surface area contributed by atoms with Crippen molar-refractivity contribution in [3.8, 4) is 5.82 Å². The van der Waals surface area contributed by atoms with Crippen LogP contribution in [0.2, 0.25) is 0 Å². The first-order valence-corrected chi connectivity index (χ1v) is 6.23. The molecule has 20 heavy (non-hydrogen) atoms. The van der Waals surface area contributed by atoms with E-state index in [4.69, 9.17) is 5.11 Å². The molecular weight excluding hydrogens is 256 g/mol. The fraction of sp³-hybridized carbons (Fsp3) is 0.143. The molecule has 0 atom stereocenters. The lowest BCUT2D eigenvalue weighted by atomic mass is 10.2. The van der Waals surface area contributed by atoms with Crippen LogP contribution in [0.25, 0.3) is 16.7 Å². The predicted octanol–water partition coefficient (Wildman–Crippen LogP) is 2.08. The summed E-state index contributed by atoms with van der Waals surface area (Å²) in [7, 11) is 0. The van der Waals surface area contributed by atoms with Crippen LogP contribution >= 0.6 is 0 Å². The fourth-order valence-electron chi connectivity index (χ4n) is 2.13. The fourth-order valence-corrected chi connectivity index (χ4v) is 2.13. The van der Waals surface area contributed by atoms with Gasteiger partial charge in [-0.3, -0.25) is 4.57 Å². The number of aryl methyl sites for hydroxylation is 1. The van der Waals surface area contributed by atoms with E-state index in [1.807, 2.05) is 25.1 Å². The first-order chi connectivity index (χ1) is 9.70. The Labute approximate surface area is 114 Å². The summed E-state index contributed by atoms with van der Waals surface area (Å²) in [5.41, 5.74) is 0.602. The Morgan fingerprint density at radius 3 is 2.85 bits per heavy atom. The predicted molar refractivity (Wildman–Crippen MR) is 73.0 cm³/mol. The number of hydrogen-bond acceptors (Lipinski definition) is 4. The SMILES string of the molecule is CCc1nccn1-c1nc(C(=O)O)nc2ccccc12. The zero-order valence-electron chi connectivity index (χ0n) is 10.8. The topological polar surface area (TPSA) is 80.9 Å². The van der Waals surface area contributed by atoms with Crippen LogP contribution in [0.5, 0.6) is 0 Å². The van der Waals surface area contributed by atoms with E-state index in [2.05, 4.69) is 15.0 Å². The molecule has 2 aromatic heterocycles. The lowest BCUT2D eigenvalue weighted by molar-refractivity contribution is 0.0684. The second kappa shape index (κ2) is 4.73. The molecule has 0 amide bonds. The molecule has 0 aliphatic carbocycles. The van der Waals surface area contributed by atoms with Gasteiger partial charge in [0.25, 0.3) is 0 Å². The quantitative estimate of drug-likeness (QED) is 0.786. The summed E-state index contributed by atoms with van der Waals surface area (Å²) >= 11 is 0. The van der Waals surface area contributed by atoms with Crippen molar-refractivity contribution in [3.63, 3.8) is 0 Å². The third-order valence-electron chi connectivity index (χ3n) is 3.04. The summed E-state index contributed by atoms with van der Waals surface area (Å²) in [5.74, 6) is 0.0113. The number of rotatable bonds is 3. The summed E-state index contributed by atoms with van der Waals surface area (Å²) in [6.45, 7) is 1.99. The van der Waals surface area contributed by atoms with Gasteiger partial charge in [0, 0.05) is 24.2 Å². The van der Waals surface area contributed by atoms with Crippen molar-refractivity contribution in [2.45, 2.75) is 13.3 Å². The molecule has 100 valence electrons. The van der Waals surface area contributed by atoms with E-state index in [1.54, 1.807) is 23.0 Å². The van der Waals surface area contributed by atoms with Crippen LogP contribution < -0.4 is 0 Å². The van der Waals surface area contributed by atoms with Crippen molar-refractivity contribution in [1.29, 1.82) is 0 Å². The highest BCUT2D eigenvalue weighted by Crippen LogP contribution is 2.20. The Kier molecular flexibility index (Phi) is 2.90. The molecule has 0 aliphatic heterocycles. The first-order valence-electron chi connectivity index (χ1n) is 6.23. The second-order valence-electron chi connectivity index (χ2n) is 4.26. The number of fused-ring (bicyclic) bond motifs is 1. The molecule has 2 heterocycles. The molecule has 0 saturated carbocycles. The number of carboxylic acids is 1. The molecule has 1 aromatic carbocycles. The lowest BCUT2D eigenvalue weighted by Crippen LogP contribution is -2.10. The Hall–Kier alpha value is -2.76. The third-order valence-corrected chi connectivity index (χ3v) is 3.04. The molecule has 0 aliphatic rings. The number of carbonyl (C=O) groups is 1. The van der Waals surface area contributed by atoms with Crippen molar-refractivity contribution in [2.24, 2.45) is 0 Å². The zero-order chi connectivity index (χ0) is 14.1. The van der Waals surface area contributed by atoms with Crippen LogP contribution in [-0.4, -0.2) is 30.6 Å². The zero-order valence-corrected chi connectivity index (χ0v) is 10.8. The Balaban J connectivity index is 2.36. The standard InChI is InChI=1S/C14H12N4O2/c1-2-11-15-7-8-18(11)13-9-5-3-4-6-10(9)16-12(17-13)14(19)20/h3-8H,2H2,1H3,(H,19,20). The summed E-state index contributed by atoms with van der Waals surface area (Å²) < 4.78 is 1.80. The van der Waals surface area contributed by atoms with E-state index in [9.17, 15) is 4.79 Å². The number of nitrogens with zero attached hydrogens (tertiary/aromatic N) is 4. The molecule has 0 saturated heterocycles. The largest absolute Gasteiger partial charge is 0.475 e. The van der Waals surface area contributed by atoms with Gasteiger partial charge in [-0.05, 0) is 12.1 Å². The van der Waals surface area contributed by atoms with E-state index >= 15 is 0 Å². The highest BCUT2D eigenvalue weighted by molar-refractivity contribution is 5.91. The summed E-state index contributed by atoms with van der Waals surface area (Å²) in [5, 5.41) is 9.94. The van der Waals surface area contributed by atoms with E-state index in [0.717, 1.165) is 17.6 Å². The molecule has 0 fully saturated rings. The van der Waals surface area contributed by atoms with Crippen LogP contribution in [0.3, 0.4) is 0 Å². The Morgan fingerprint density at radius 2 is 2.10 bits per heavy atom. The number of imidazole rings is 1. The van der Waals surface area contributed by atoms with Gasteiger partial charge < -0.3 is 5.11 Å². The molecule has 1 N–H and O–H groups in total. The van der Waals surface area contributed by atoms with Gasteiger partial charge in [0.2, 0.25) is 5.82 Å². The summed E-state index contributed by atoms with van der Waals surface area (Å²) in [6, 6.07) is 7.34. The normalized spacial score (nSPS) is 10.8. The van der Waals surface area contributed by atoms with Gasteiger partial charge in [-0.1, -0.05) is 19.1 Å². The Bertz CT molecular complexity index is 795. The lowest BCUT2D eigenvalue weighted by Gasteiger charge is -2.09. The highest BCUT2D eigenvalue weighted by atomic mass is 16.4. The molecule has 6 heteroatoms. The first kappa shape index (κ1) is 12.3. The average molecular weight is 268 g/mol. The molecule has 0 bridgehead atoms. The number of aromatic nitrogens is 4. The second-order valence-corrected chi connectivity index (χ2v) is 4.26. The molecule has 3 rings (SSSR count). The maximum Gasteiger partial charge on any atom is 0.374 e. The van der Waals surface area contributed by atoms with Crippen molar-refractivity contribution >= 4 is 16.9 Å². The van der Waals surface area contributed by atoms with Crippen LogP contribution in [0, 0.1) is 0 Å². The Morgan fingerprint density at radius 1 is 1.30 bits per heavy atom. The molecule has 0 spiro atoms. The van der Waals surface area contributed by atoms with E-state index in [-0.39, 0.29) is 5.82 Å². The van der Waals surface area contributed by atoms with Crippen molar-refractivity contribution < 1.29 is 9.90 Å². The number of hydrogen-bond donors (Lipinski definition) is 1. The van der Waals surface area contributed by atoms with Gasteiger partial charge in [0.15, 0.2) is 0 Å². The molecule has 6 nitrogen and oxygen atoms in total. The van der Waals surface area contributed by atoms with Gasteiger partial charge >= 0.3 is 5.97 Å². The number of benzene rings is 1. The van der Waals surface area contributed by atoms with Gasteiger partial charge in [-0.15, -0.1) is 0 Å². The van der Waals surface area contributed by atoms with Crippen LogP contribution in [0.1, 0.15) is 23.4 Å². The smallest absolute Gasteiger partial charge is 0.374 e. The van der Waals surface area contributed by atoms with E-state index in [1.165, 1.54) is 0 Å². The van der Waals surface area contributed by atoms with Gasteiger partial charge in [-0.25, -0.2) is 19.7 Å². The van der Waals surface area contributed by atoms with Gasteiger partial charge in [0.1, 0.15) is 11.6 Å². The van der Waals surface area contributed by atoms with Crippen molar-refractivity contribution in [2.75, 3.05) is 0 Å². The van der Waals surface area contributed by atoms with Gasteiger partial charge in [0.05, 0.1) is 5.52 Å².